The van der Waals surface area contributed by atoms with E-state index in [1.165, 1.54) is 0 Å². The Labute approximate surface area is 155 Å². The molecule has 0 bridgehead atoms. The highest BCUT2D eigenvalue weighted by Gasteiger charge is 2.11. The van der Waals surface area contributed by atoms with Crippen molar-refractivity contribution < 1.29 is 23.7 Å². The van der Waals surface area contributed by atoms with Crippen molar-refractivity contribution in [3.63, 3.8) is 0 Å². The molecular formula is C19H30N2O5. The van der Waals surface area contributed by atoms with Crippen LogP contribution in [0.1, 0.15) is 15.9 Å². The zero-order valence-electron chi connectivity index (χ0n) is 15.7. The Bertz CT molecular complexity index is 536. The Morgan fingerprint density at radius 1 is 0.923 bits per heavy atom. The molecule has 0 spiro atoms. The lowest BCUT2D eigenvalue weighted by Gasteiger charge is -2.13. The second-order valence-corrected chi connectivity index (χ2v) is 5.36. The van der Waals surface area contributed by atoms with Crippen molar-refractivity contribution in [3.8, 4) is 0 Å². The molecule has 0 aromatic heterocycles. The number of ether oxygens (including phenoxy) is 4. The largest absolute Gasteiger partial charge is 0.383 e. The lowest BCUT2D eigenvalue weighted by molar-refractivity contribution is 0.00436. The van der Waals surface area contributed by atoms with Crippen molar-refractivity contribution in [3.05, 3.63) is 42.0 Å². The van der Waals surface area contributed by atoms with Crippen LogP contribution in [0.3, 0.4) is 0 Å². The van der Waals surface area contributed by atoms with Crippen LogP contribution in [0.4, 0.5) is 0 Å². The molecule has 0 atom stereocenters. The topological polar surface area (TPSA) is 78.1 Å². The van der Waals surface area contributed by atoms with Gasteiger partial charge in [0.25, 0.3) is 5.91 Å². The Balaban J connectivity index is 2.10. The molecule has 7 nitrogen and oxygen atoms in total. The van der Waals surface area contributed by atoms with Gasteiger partial charge in [0, 0.05) is 37.5 Å². The smallest absolute Gasteiger partial charge is 0.251 e. The number of methoxy groups -OCH3 is 1. The van der Waals surface area contributed by atoms with Gasteiger partial charge in [0.05, 0.1) is 46.2 Å². The summed E-state index contributed by atoms with van der Waals surface area (Å²) in [6.45, 7) is 8.42. The van der Waals surface area contributed by atoms with Crippen LogP contribution in [0, 0.1) is 0 Å². The first-order valence-electron chi connectivity index (χ1n) is 8.67. The van der Waals surface area contributed by atoms with Gasteiger partial charge in [-0.05, 0) is 6.07 Å². The number of carbonyl (C=O) groups excluding carboxylic acids is 1. The molecule has 7 heteroatoms. The van der Waals surface area contributed by atoms with Crippen molar-refractivity contribution in [1.29, 1.82) is 0 Å². The number of benzene rings is 1. The molecule has 0 aliphatic rings. The maximum Gasteiger partial charge on any atom is 0.251 e. The molecule has 0 unspecified atom stereocenters. The van der Waals surface area contributed by atoms with E-state index in [0.717, 1.165) is 5.56 Å². The molecule has 0 radical (unpaired) electrons. The van der Waals surface area contributed by atoms with E-state index < -0.39 is 0 Å². The van der Waals surface area contributed by atoms with Crippen molar-refractivity contribution in [2.24, 2.45) is 0 Å². The van der Waals surface area contributed by atoms with Gasteiger partial charge < -0.3 is 29.6 Å². The second-order valence-electron chi connectivity index (χ2n) is 5.36. The average Bonchev–Trinajstić information content (AvgIpc) is 2.68. The summed E-state index contributed by atoms with van der Waals surface area (Å²) >= 11 is 0. The van der Waals surface area contributed by atoms with E-state index in [-0.39, 0.29) is 5.91 Å². The van der Waals surface area contributed by atoms with Gasteiger partial charge in [-0.15, -0.1) is 0 Å². The number of rotatable bonds is 15. The van der Waals surface area contributed by atoms with Crippen molar-refractivity contribution in [1.82, 2.24) is 10.6 Å². The molecule has 0 saturated carbocycles. The highest BCUT2D eigenvalue weighted by Crippen LogP contribution is 2.15. The fraction of sp³-hybridized carbons (Fsp3) is 0.526. The standard InChI is InChI=1S/C19H30N2O5/c1-16(17-6-4-5-7-18(17)19(22)20-2)21-8-9-24-12-13-26-15-14-25-11-10-23-3/h4-7,21H,1,8-15H2,2-3H3,(H,20,22). The third kappa shape index (κ3) is 8.96. The zero-order chi connectivity index (χ0) is 19.0. The molecule has 1 aromatic rings. The van der Waals surface area contributed by atoms with Gasteiger partial charge >= 0.3 is 0 Å². The van der Waals surface area contributed by atoms with Gasteiger partial charge in [0.1, 0.15) is 0 Å². The Kier molecular flexibility index (Phi) is 12.1. The first-order valence-corrected chi connectivity index (χ1v) is 8.67. The van der Waals surface area contributed by atoms with Gasteiger partial charge in [-0.1, -0.05) is 24.8 Å². The molecule has 1 aromatic carbocycles. The van der Waals surface area contributed by atoms with Crippen LogP contribution in [0.25, 0.3) is 5.70 Å². The Morgan fingerprint density at radius 3 is 2.04 bits per heavy atom. The Hall–Kier alpha value is -1.93. The number of carbonyl (C=O) groups is 1. The summed E-state index contributed by atoms with van der Waals surface area (Å²) in [5.74, 6) is -0.136. The fourth-order valence-corrected chi connectivity index (χ4v) is 2.13. The Morgan fingerprint density at radius 2 is 1.46 bits per heavy atom. The number of hydrogen-bond donors (Lipinski definition) is 2. The lowest BCUT2D eigenvalue weighted by atomic mass is 10.0. The van der Waals surface area contributed by atoms with Crippen LogP contribution in [0.15, 0.2) is 30.8 Å². The molecular weight excluding hydrogens is 336 g/mol. The zero-order valence-corrected chi connectivity index (χ0v) is 15.7. The van der Waals surface area contributed by atoms with Crippen LogP contribution >= 0.6 is 0 Å². The summed E-state index contributed by atoms with van der Waals surface area (Å²) in [6.07, 6.45) is 0. The van der Waals surface area contributed by atoms with Crippen LogP contribution in [0.2, 0.25) is 0 Å². The number of nitrogens with one attached hydrogen (secondary N) is 2. The highest BCUT2D eigenvalue weighted by molar-refractivity contribution is 5.98. The van der Waals surface area contributed by atoms with E-state index in [1.807, 2.05) is 18.2 Å². The van der Waals surface area contributed by atoms with E-state index in [4.69, 9.17) is 18.9 Å². The van der Waals surface area contributed by atoms with Gasteiger partial charge in [0.15, 0.2) is 0 Å². The molecule has 146 valence electrons. The van der Waals surface area contributed by atoms with Gasteiger partial charge in [-0.25, -0.2) is 0 Å². The first-order chi connectivity index (χ1) is 12.7. The molecule has 0 fully saturated rings. The van der Waals surface area contributed by atoms with E-state index in [2.05, 4.69) is 17.2 Å². The number of amides is 1. The van der Waals surface area contributed by atoms with Crippen LogP contribution in [0.5, 0.6) is 0 Å². The summed E-state index contributed by atoms with van der Waals surface area (Å²) in [5.41, 5.74) is 2.07. The third-order valence-electron chi connectivity index (χ3n) is 3.48. The summed E-state index contributed by atoms with van der Waals surface area (Å²) in [7, 11) is 3.25. The summed E-state index contributed by atoms with van der Waals surface area (Å²) < 4.78 is 21.0. The van der Waals surface area contributed by atoms with Gasteiger partial charge in [-0.3, -0.25) is 4.79 Å². The van der Waals surface area contributed by atoms with Gasteiger partial charge in [-0.2, -0.15) is 0 Å². The molecule has 0 aliphatic carbocycles. The summed E-state index contributed by atoms with van der Waals surface area (Å²) in [5, 5.41) is 5.81. The molecule has 1 amide bonds. The average molecular weight is 366 g/mol. The number of hydrogen-bond acceptors (Lipinski definition) is 6. The molecule has 2 N–H and O–H groups in total. The summed E-state index contributed by atoms with van der Waals surface area (Å²) in [4.78, 5) is 11.9. The van der Waals surface area contributed by atoms with E-state index in [1.54, 1.807) is 20.2 Å². The normalized spacial score (nSPS) is 10.5. The lowest BCUT2D eigenvalue weighted by Crippen LogP contribution is -2.23. The third-order valence-corrected chi connectivity index (χ3v) is 3.48. The van der Waals surface area contributed by atoms with E-state index in [0.29, 0.717) is 64.1 Å². The van der Waals surface area contributed by atoms with E-state index in [9.17, 15) is 4.79 Å². The molecule has 0 aliphatic heterocycles. The van der Waals surface area contributed by atoms with Crippen LogP contribution < -0.4 is 10.6 Å². The van der Waals surface area contributed by atoms with Crippen LogP contribution in [-0.2, 0) is 18.9 Å². The highest BCUT2D eigenvalue weighted by atomic mass is 16.6. The van der Waals surface area contributed by atoms with Gasteiger partial charge in [0.2, 0.25) is 0 Å². The summed E-state index contributed by atoms with van der Waals surface area (Å²) in [6, 6.07) is 7.34. The minimum atomic E-state index is -0.136. The predicted octanol–water partition coefficient (Wildman–Crippen LogP) is 1.30. The first kappa shape index (κ1) is 22.1. The fourth-order valence-electron chi connectivity index (χ4n) is 2.13. The van der Waals surface area contributed by atoms with Crippen molar-refractivity contribution in [2.75, 3.05) is 67.0 Å². The molecule has 1 rings (SSSR count). The minimum Gasteiger partial charge on any atom is -0.383 e. The molecule has 26 heavy (non-hydrogen) atoms. The second kappa shape index (κ2) is 14.3. The monoisotopic (exact) mass is 366 g/mol. The maximum absolute atomic E-state index is 11.9. The molecule has 0 heterocycles. The van der Waals surface area contributed by atoms with Crippen LogP contribution in [-0.4, -0.2) is 72.9 Å². The van der Waals surface area contributed by atoms with E-state index >= 15 is 0 Å². The minimum absolute atomic E-state index is 0.136. The van der Waals surface area contributed by atoms with Crippen molar-refractivity contribution in [2.45, 2.75) is 0 Å². The SMILES string of the molecule is C=C(NCCOCCOCCOCCOC)c1ccccc1C(=O)NC. The molecule has 0 saturated heterocycles. The van der Waals surface area contributed by atoms with Crippen molar-refractivity contribution >= 4 is 11.6 Å². The quantitative estimate of drug-likeness (QED) is 0.456. The predicted molar refractivity (Wildman–Crippen MR) is 101 cm³/mol. The maximum atomic E-state index is 11.9.